The second kappa shape index (κ2) is 21.9. The molecular formula is C75H60BrN10O6V-. The van der Waals surface area contributed by atoms with Crippen molar-refractivity contribution in [3.8, 4) is 44.8 Å². The van der Waals surface area contributed by atoms with Crippen molar-refractivity contribution in [3.05, 3.63) is 245 Å². The minimum atomic E-state index is -0.932. The summed E-state index contributed by atoms with van der Waals surface area (Å²) in [5.41, 5.74) is 11.5. The molecule has 18 rings (SSSR count). The fourth-order valence-corrected chi connectivity index (χ4v) is 15.5. The first-order chi connectivity index (χ1) is 44.1. The molecular weight excluding hydrogens is 1270 g/mol. The van der Waals surface area contributed by atoms with Gasteiger partial charge in [0.2, 0.25) is 0 Å². The number of benzene rings is 6. The smallest absolute Gasteiger partial charge is 0.262 e. The van der Waals surface area contributed by atoms with Gasteiger partial charge in [-0.3, -0.25) is 29.0 Å². The number of nitrogens with zero attached hydrogens (tertiary/aromatic N) is 10. The second-order valence-electron chi connectivity index (χ2n) is 25.7. The van der Waals surface area contributed by atoms with Crippen LogP contribution in [0.1, 0.15) is 115 Å². The SMILES string of the molecule is Cc1cc2ncc3cc(-c4ccccc4)c(-c4ccc(C5(N6C(=O)c7ccccc7C6=O)CC(O)(C6CC6)C5)cc4)nc3n2n1.Cc1nn2c(ncc3cc(-c4ccccc4)c(-c4ccc(C5(N6C(=O)c7ccccc7C6=O)CC(O)(C6CC6)C5)cc4)nc32)c1Br.[CH3-].[V]. The number of carbonyl (C=O) groups excluding carboxylic acids is 4. The van der Waals surface area contributed by atoms with Crippen LogP contribution in [0.15, 0.2) is 193 Å². The van der Waals surface area contributed by atoms with Gasteiger partial charge in [0.25, 0.3) is 23.6 Å². The Bertz CT molecular complexity index is 5030. The van der Waals surface area contributed by atoms with Crippen LogP contribution < -0.4 is 0 Å². The molecule has 0 bridgehead atoms. The Hall–Kier alpha value is -9.36. The Morgan fingerprint density at radius 2 is 0.839 bits per heavy atom. The van der Waals surface area contributed by atoms with E-state index in [0.29, 0.717) is 64.9 Å². The van der Waals surface area contributed by atoms with Crippen LogP contribution in [0.3, 0.4) is 0 Å². The maximum Gasteiger partial charge on any atom is 0.262 e. The Kier molecular flexibility index (Phi) is 14.1. The molecule has 4 fully saturated rings. The summed E-state index contributed by atoms with van der Waals surface area (Å²) in [6.45, 7) is 3.87. The van der Waals surface area contributed by atoms with Crippen molar-refractivity contribution in [2.45, 2.75) is 87.5 Å². The monoisotopic (exact) mass is 1330 g/mol. The van der Waals surface area contributed by atoms with E-state index in [9.17, 15) is 29.4 Å². The van der Waals surface area contributed by atoms with Crippen LogP contribution in [-0.4, -0.2) is 94.0 Å². The summed E-state index contributed by atoms with van der Waals surface area (Å²) in [4.78, 5) is 77.4. The first-order valence-electron chi connectivity index (χ1n) is 30.9. The summed E-state index contributed by atoms with van der Waals surface area (Å²) in [6.07, 6.45) is 8.88. The van der Waals surface area contributed by atoms with E-state index in [1.54, 1.807) is 57.6 Å². The molecule has 18 heteroatoms. The van der Waals surface area contributed by atoms with Crippen LogP contribution >= 0.6 is 15.9 Å². The van der Waals surface area contributed by atoms with Gasteiger partial charge in [-0.2, -0.15) is 19.2 Å². The first-order valence-corrected chi connectivity index (χ1v) is 31.7. The molecule has 459 valence electrons. The van der Waals surface area contributed by atoms with Gasteiger partial charge in [0.1, 0.15) is 0 Å². The quantitative estimate of drug-likeness (QED) is 0.0971. The number of aromatic nitrogens is 8. The van der Waals surface area contributed by atoms with E-state index in [4.69, 9.17) is 15.1 Å². The molecule has 12 aromatic rings. The largest absolute Gasteiger partial charge is 0.389 e. The molecule has 8 heterocycles. The Morgan fingerprint density at radius 1 is 0.452 bits per heavy atom. The van der Waals surface area contributed by atoms with Crippen LogP contribution in [0, 0.1) is 33.1 Å². The molecule has 0 unspecified atom stereocenters. The van der Waals surface area contributed by atoms with E-state index >= 15 is 0 Å². The molecule has 6 aromatic carbocycles. The standard InChI is InChI=1S/C37H28BrN5O3.C37H29N5O3.CH3.V/c1-21-30(38)33-39-18-24-17-29(22-7-3-2-4-8-22)31(40-32(24)43(33)41-21)23-11-13-25(14-12-23)36(19-37(46,20-36)26-15-16-26)42-34(44)27-9-5-6-10-28(27)35(42)45;1-22-17-31-38-19-25-18-30(23-7-3-2-4-8-23)32(39-33(25)42(31)40-22)24-11-13-26(14-12-24)36(20-37(45,21-36)27-15-16-27)41-34(43)28-9-5-6-10-29(28)35(41)44;;/h2-14,17-18,26,46H,15-16,19-20H2,1H3;2-14,17-19,27,45H,15-16,20-21H2,1H3;1H3;/q;;-1;. The Labute approximate surface area is 555 Å². The van der Waals surface area contributed by atoms with Crippen molar-refractivity contribution >= 4 is 72.9 Å². The number of imide groups is 2. The van der Waals surface area contributed by atoms with Gasteiger partial charge in [0.15, 0.2) is 22.6 Å². The molecule has 4 saturated carbocycles. The number of hydrogen-bond donors (Lipinski definition) is 2. The number of amides is 4. The molecule has 6 aromatic heterocycles. The van der Waals surface area contributed by atoms with Gasteiger partial charge in [-0.05, 0) is 126 Å². The van der Waals surface area contributed by atoms with E-state index < -0.39 is 22.3 Å². The fourth-order valence-electron chi connectivity index (χ4n) is 15.2. The van der Waals surface area contributed by atoms with Crippen LogP contribution in [0.5, 0.6) is 0 Å². The molecule has 0 saturated heterocycles. The van der Waals surface area contributed by atoms with E-state index in [2.05, 4.69) is 67.4 Å². The molecule has 0 spiro atoms. The molecule has 4 amide bonds. The number of aryl methyl sites for hydroxylation is 2. The van der Waals surface area contributed by atoms with Crippen LogP contribution in [-0.2, 0) is 29.6 Å². The van der Waals surface area contributed by atoms with Gasteiger partial charge in [-0.15, -0.1) is 0 Å². The molecule has 93 heavy (non-hydrogen) atoms. The van der Waals surface area contributed by atoms with Crippen molar-refractivity contribution < 1.29 is 47.9 Å². The van der Waals surface area contributed by atoms with Gasteiger partial charge in [-0.25, -0.2) is 19.9 Å². The minimum absolute atomic E-state index is 0. The van der Waals surface area contributed by atoms with Crippen LogP contribution in [0.4, 0.5) is 0 Å². The molecule has 2 aliphatic heterocycles. The number of aliphatic hydroxyl groups is 2. The summed E-state index contributed by atoms with van der Waals surface area (Å²) in [5, 5.41) is 34.1. The first kappa shape index (κ1) is 59.9. The average Bonchev–Trinajstić information content (AvgIpc) is 1.40. The van der Waals surface area contributed by atoms with E-state index in [1.165, 1.54) is 9.80 Å². The zero-order valence-electron chi connectivity index (χ0n) is 51.0. The van der Waals surface area contributed by atoms with Gasteiger partial charge >= 0.3 is 0 Å². The van der Waals surface area contributed by atoms with E-state index in [1.807, 2.05) is 117 Å². The molecule has 1 radical (unpaired) electrons. The zero-order chi connectivity index (χ0) is 61.9. The molecule has 16 nitrogen and oxygen atoms in total. The number of rotatable bonds is 10. The normalized spacial score (nSPS) is 22.1. The summed E-state index contributed by atoms with van der Waals surface area (Å²) in [7, 11) is 0. The molecule has 2 N–H and O–H groups in total. The third kappa shape index (κ3) is 9.28. The van der Waals surface area contributed by atoms with Crippen molar-refractivity contribution in [1.29, 1.82) is 0 Å². The Morgan fingerprint density at radius 3 is 1.25 bits per heavy atom. The van der Waals surface area contributed by atoms with Crippen LogP contribution in [0.2, 0.25) is 0 Å². The third-order valence-corrected chi connectivity index (χ3v) is 20.9. The second-order valence-corrected chi connectivity index (χ2v) is 26.5. The van der Waals surface area contributed by atoms with Crippen LogP contribution in [0.25, 0.3) is 78.1 Å². The maximum atomic E-state index is 13.8. The van der Waals surface area contributed by atoms with Crippen molar-refractivity contribution in [3.63, 3.8) is 0 Å². The van der Waals surface area contributed by atoms with Gasteiger partial charge in [0.05, 0.1) is 71.8 Å². The fraction of sp³-hybridized carbons (Fsp3) is 0.213. The number of pyridine rings is 2. The minimum Gasteiger partial charge on any atom is -0.389 e. The van der Waals surface area contributed by atoms with Crippen molar-refractivity contribution in [2.24, 2.45) is 11.8 Å². The third-order valence-electron chi connectivity index (χ3n) is 20.0. The average molecular weight is 1330 g/mol. The summed E-state index contributed by atoms with van der Waals surface area (Å²) < 4.78 is 4.38. The Balaban J connectivity index is 0.000000151. The van der Waals surface area contributed by atoms with Crippen molar-refractivity contribution in [2.75, 3.05) is 0 Å². The molecule has 4 aliphatic carbocycles. The van der Waals surface area contributed by atoms with E-state index in [0.717, 1.165) is 114 Å². The number of halogens is 1. The number of carbonyl (C=O) groups is 4. The summed E-state index contributed by atoms with van der Waals surface area (Å²) in [6, 6.07) is 56.4. The predicted molar refractivity (Wildman–Crippen MR) is 353 cm³/mol. The zero-order valence-corrected chi connectivity index (χ0v) is 54.0. The van der Waals surface area contributed by atoms with Gasteiger partial charge < -0.3 is 17.6 Å². The van der Waals surface area contributed by atoms with Gasteiger partial charge in [-0.1, -0.05) is 133 Å². The predicted octanol–water partition coefficient (Wildman–Crippen LogP) is 13.9. The topological polar surface area (TPSA) is 201 Å². The summed E-state index contributed by atoms with van der Waals surface area (Å²) in [5.74, 6) is -0.776. The number of hydrogen-bond acceptors (Lipinski definition) is 12. The number of fused-ring (bicyclic) bond motifs is 8. The van der Waals surface area contributed by atoms with Gasteiger partial charge in [0, 0.05) is 95.7 Å². The van der Waals surface area contributed by atoms with Crippen molar-refractivity contribution in [1.82, 2.24) is 49.0 Å². The van der Waals surface area contributed by atoms with E-state index in [-0.39, 0.29) is 61.4 Å². The molecule has 6 aliphatic rings. The summed E-state index contributed by atoms with van der Waals surface area (Å²) >= 11 is 3.61. The molecule has 0 atom stereocenters. The maximum absolute atomic E-state index is 13.8.